The quantitative estimate of drug-likeness (QED) is 0.479. The maximum Gasteiger partial charge on any atom is 0.335 e. The molecule has 0 spiro atoms. The first-order chi connectivity index (χ1) is 12.6. The van der Waals surface area contributed by atoms with Gasteiger partial charge in [-0.25, -0.2) is 4.79 Å². The maximum atomic E-state index is 12.4. The molecule has 0 bridgehead atoms. The monoisotopic (exact) mass is 364 g/mol. The van der Waals surface area contributed by atoms with E-state index in [1.54, 1.807) is 0 Å². The minimum atomic E-state index is -0.675. The summed E-state index contributed by atoms with van der Waals surface area (Å²) in [7, 11) is 0. The highest BCUT2D eigenvalue weighted by Gasteiger charge is 2.25. The standard InChI is InChI=1S/C21H32O5/c1-4-15-24-20(22)14-10-13-19(21(23)25-16-5-2)26-18(6-3)17-11-8-7-9-12-17/h7-9,11-12,18-19H,4-6,10,13-16H2,1-3H3. The molecule has 1 aromatic carbocycles. The van der Waals surface area contributed by atoms with Crippen molar-refractivity contribution >= 4 is 11.9 Å². The van der Waals surface area contributed by atoms with Crippen molar-refractivity contribution in [2.24, 2.45) is 0 Å². The third-order valence-corrected chi connectivity index (χ3v) is 3.90. The molecular formula is C21H32O5. The molecule has 0 aliphatic rings. The van der Waals surface area contributed by atoms with Gasteiger partial charge in [0.1, 0.15) is 0 Å². The number of benzene rings is 1. The minimum absolute atomic E-state index is 0.178. The Kier molecular flexibility index (Phi) is 11.4. The van der Waals surface area contributed by atoms with E-state index in [0.717, 1.165) is 24.8 Å². The van der Waals surface area contributed by atoms with Gasteiger partial charge in [-0.1, -0.05) is 51.1 Å². The molecule has 146 valence electrons. The fourth-order valence-corrected chi connectivity index (χ4v) is 2.53. The van der Waals surface area contributed by atoms with Crippen LogP contribution < -0.4 is 0 Å². The van der Waals surface area contributed by atoms with Crippen molar-refractivity contribution in [3.63, 3.8) is 0 Å². The number of esters is 2. The van der Waals surface area contributed by atoms with Crippen molar-refractivity contribution in [1.29, 1.82) is 0 Å². The van der Waals surface area contributed by atoms with Crippen LogP contribution in [0.3, 0.4) is 0 Å². The Morgan fingerprint density at radius 1 is 0.962 bits per heavy atom. The zero-order valence-corrected chi connectivity index (χ0v) is 16.2. The first kappa shape index (κ1) is 22.2. The Morgan fingerprint density at radius 2 is 1.62 bits per heavy atom. The molecule has 2 unspecified atom stereocenters. The van der Waals surface area contributed by atoms with Gasteiger partial charge in [0.05, 0.1) is 19.3 Å². The topological polar surface area (TPSA) is 61.8 Å². The van der Waals surface area contributed by atoms with Gasteiger partial charge >= 0.3 is 11.9 Å². The van der Waals surface area contributed by atoms with Crippen LogP contribution in [0.1, 0.15) is 71.0 Å². The summed E-state index contributed by atoms with van der Waals surface area (Å²) in [6.45, 7) is 6.73. The summed E-state index contributed by atoms with van der Waals surface area (Å²) in [5.41, 5.74) is 1.03. The molecule has 2 atom stereocenters. The fourth-order valence-electron chi connectivity index (χ4n) is 2.53. The van der Waals surface area contributed by atoms with Crippen LogP contribution in [0.4, 0.5) is 0 Å². The van der Waals surface area contributed by atoms with Gasteiger partial charge < -0.3 is 14.2 Å². The van der Waals surface area contributed by atoms with Gasteiger partial charge in [0.15, 0.2) is 6.10 Å². The average molecular weight is 364 g/mol. The number of hydrogen-bond donors (Lipinski definition) is 0. The third-order valence-electron chi connectivity index (χ3n) is 3.90. The molecule has 0 saturated heterocycles. The van der Waals surface area contributed by atoms with E-state index in [0.29, 0.717) is 26.1 Å². The highest BCUT2D eigenvalue weighted by Crippen LogP contribution is 2.24. The molecule has 5 heteroatoms. The Morgan fingerprint density at radius 3 is 2.23 bits per heavy atom. The van der Waals surface area contributed by atoms with E-state index >= 15 is 0 Å². The molecule has 1 aromatic rings. The molecule has 0 saturated carbocycles. The minimum Gasteiger partial charge on any atom is -0.466 e. The average Bonchev–Trinajstić information content (AvgIpc) is 2.67. The lowest BCUT2D eigenvalue weighted by Crippen LogP contribution is -2.29. The van der Waals surface area contributed by atoms with Crippen LogP contribution in [0, 0.1) is 0 Å². The van der Waals surface area contributed by atoms with E-state index in [-0.39, 0.29) is 24.5 Å². The van der Waals surface area contributed by atoms with Gasteiger partial charge in [0, 0.05) is 6.42 Å². The van der Waals surface area contributed by atoms with E-state index in [1.807, 2.05) is 51.1 Å². The molecular weight excluding hydrogens is 332 g/mol. The molecule has 0 heterocycles. The Hall–Kier alpha value is -1.88. The second-order valence-electron chi connectivity index (χ2n) is 6.21. The summed E-state index contributed by atoms with van der Waals surface area (Å²) in [5.74, 6) is -0.592. The molecule has 0 aromatic heterocycles. The summed E-state index contributed by atoms with van der Waals surface area (Å²) < 4.78 is 16.4. The van der Waals surface area contributed by atoms with Crippen molar-refractivity contribution in [2.75, 3.05) is 13.2 Å². The van der Waals surface area contributed by atoms with Crippen LogP contribution in [-0.4, -0.2) is 31.3 Å². The molecule has 0 fully saturated rings. The lowest BCUT2D eigenvalue weighted by molar-refractivity contribution is -0.162. The van der Waals surface area contributed by atoms with E-state index in [9.17, 15) is 9.59 Å². The number of rotatable bonds is 13. The van der Waals surface area contributed by atoms with Crippen LogP contribution in [0.25, 0.3) is 0 Å². The summed E-state index contributed by atoms with van der Waals surface area (Å²) in [5, 5.41) is 0. The molecule has 5 nitrogen and oxygen atoms in total. The Labute approximate surface area is 157 Å². The maximum absolute atomic E-state index is 12.4. The molecule has 26 heavy (non-hydrogen) atoms. The summed E-state index contributed by atoms with van der Waals surface area (Å²) in [6.07, 6.45) is 2.71. The predicted molar refractivity (Wildman–Crippen MR) is 101 cm³/mol. The highest BCUT2D eigenvalue weighted by molar-refractivity contribution is 5.75. The van der Waals surface area contributed by atoms with Gasteiger partial charge in [-0.2, -0.15) is 0 Å². The molecule has 0 amide bonds. The van der Waals surface area contributed by atoms with E-state index in [4.69, 9.17) is 14.2 Å². The molecule has 0 N–H and O–H groups in total. The van der Waals surface area contributed by atoms with Crippen LogP contribution in [-0.2, 0) is 23.8 Å². The van der Waals surface area contributed by atoms with Gasteiger partial charge in [-0.3, -0.25) is 4.79 Å². The van der Waals surface area contributed by atoms with Gasteiger partial charge in [-0.15, -0.1) is 0 Å². The first-order valence-electron chi connectivity index (χ1n) is 9.64. The van der Waals surface area contributed by atoms with Gasteiger partial charge in [0.25, 0.3) is 0 Å². The molecule has 1 rings (SSSR count). The van der Waals surface area contributed by atoms with Crippen LogP contribution >= 0.6 is 0 Å². The smallest absolute Gasteiger partial charge is 0.335 e. The number of carbonyl (C=O) groups is 2. The van der Waals surface area contributed by atoms with Crippen LogP contribution in [0.2, 0.25) is 0 Å². The van der Waals surface area contributed by atoms with Crippen LogP contribution in [0.5, 0.6) is 0 Å². The second kappa shape index (κ2) is 13.3. The van der Waals surface area contributed by atoms with Gasteiger partial charge in [-0.05, 0) is 37.7 Å². The third kappa shape index (κ3) is 8.48. The van der Waals surface area contributed by atoms with Crippen molar-refractivity contribution in [2.45, 2.75) is 71.5 Å². The highest BCUT2D eigenvalue weighted by atomic mass is 16.6. The van der Waals surface area contributed by atoms with Crippen LogP contribution in [0.15, 0.2) is 30.3 Å². The van der Waals surface area contributed by atoms with E-state index < -0.39 is 6.10 Å². The van der Waals surface area contributed by atoms with Crippen molar-refractivity contribution in [3.8, 4) is 0 Å². The summed E-state index contributed by atoms with van der Waals surface area (Å²) in [6, 6.07) is 9.84. The number of carbonyl (C=O) groups excluding carboxylic acids is 2. The number of hydrogen-bond acceptors (Lipinski definition) is 5. The Bertz CT molecular complexity index is 514. The fraction of sp³-hybridized carbons (Fsp3) is 0.619. The first-order valence-corrected chi connectivity index (χ1v) is 9.64. The van der Waals surface area contributed by atoms with E-state index in [2.05, 4.69) is 0 Å². The predicted octanol–water partition coefficient (Wildman–Crippen LogP) is 4.60. The molecule has 0 aliphatic carbocycles. The van der Waals surface area contributed by atoms with Crippen molar-refractivity contribution < 1.29 is 23.8 Å². The zero-order chi connectivity index (χ0) is 19.2. The van der Waals surface area contributed by atoms with Gasteiger partial charge in [0.2, 0.25) is 0 Å². The Balaban J connectivity index is 2.65. The zero-order valence-electron chi connectivity index (χ0n) is 16.2. The van der Waals surface area contributed by atoms with E-state index in [1.165, 1.54) is 0 Å². The lowest BCUT2D eigenvalue weighted by Gasteiger charge is -2.23. The summed E-state index contributed by atoms with van der Waals surface area (Å²) in [4.78, 5) is 24.0. The normalized spacial score (nSPS) is 13.0. The van der Waals surface area contributed by atoms with Crippen molar-refractivity contribution in [1.82, 2.24) is 0 Å². The van der Waals surface area contributed by atoms with Crippen molar-refractivity contribution in [3.05, 3.63) is 35.9 Å². The molecule has 0 aliphatic heterocycles. The number of ether oxygens (including phenoxy) is 3. The lowest BCUT2D eigenvalue weighted by atomic mass is 10.1. The largest absolute Gasteiger partial charge is 0.466 e. The molecule has 0 radical (unpaired) electrons. The SMILES string of the molecule is CCCOC(=O)CCCC(OC(CC)c1ccccc1)C(=O)OCCC. The summed E-state index contributed by atoms with van der Waals surface area (Å²) >= 11 is 0. The second-order valence-corrected chi connectivity index (χ2v) is 6.21.